The summed E-state index contributed by atoms with van der Waals surface area (Å²) in [5.74, 6) is 0. The highest BCUT2D eigenvalue weighted by atomic mass is 15.2. The van der Waals surface area contributed by atoms with E-state index in [-0.39, 0.29) is 0 Å². The maximum Gasteiger partial charge on any atom is 0.0620 e. The van der Waals surface area contributed by atoms with Gasteiger partial charge in [-0.2, -0.15) is 0 Å². The van der Waals surface area contributed by atoms with E-state index >= 15 is 0 Å². The number of nitrogens with zero attached hydrogens (tertiary/aromatic N) is 2. The summed E-state index contributed by atoms with van der Waals surface area (Å²) >= 11 is 0. The van der Waals surface area contributed by atoms with Crippen molar-refractivity contribution in [3.05, 3.63) is 241 Å². The Morgan fingerprint density at radius 1 is 0.239 bits per heavy atom. The molecule has 0 heterocycles. The first-order chi connectivity index (χ1) is 35.0. The molecule has 0 aliphatic heterocycles. The molecule has 0 aliphatic carbocycles. The smallest absolute Gasteiger partial charge is 0.0620 e. The Morgan fingerprint density at radius 3 is 1.01 bits per heavy atom. The fraction of sp³-hybridized carbons (Fsp3) is 0.0435. The zero-order valence-corrected chi connectivity index (χ0v) is 39.8. The molecular weight excluding hydrogens is 857 g/mol. The standard InChI is InChI=1S/C69H46N2/c1-41-32-33-56-59(38-41)69(71(47-22-8-5-9-23-47)63-37-35-55-51-27-13-19-45-17-11-25-49(65(45)51)53-29-15-31-58(63)67(53)55)61-40-43(3)42(2)39-60(61)68(56)70(46-20-6-4-7-21-46)62-36-34-54-50-26-12-18-44-16-10-24-48(64(44)50)52-28-14-30-57(62)66(52)54/h4-40H,1-3H3. The van der Waals surface area contributed by atoms with E-state index in [2.05, 4.69) is 255 Å². The predicted octanol–water partition coefficient (Wildman–Crippen LogP) is 20.0. The largest absolute Gasteiger partial charge is 0.309 e. The van der Waals surface area contributed by atoms with Crippen LogP contribution in [-0.2, 0) is 0 Å². The van der Waals surface area contributed by atoms with Gasteiger partial charge in [0.1, 0.15) is 0 Å². The number of aryl methyl sites for hydroxylation is 3. The molecule has 15 aromatic carbocycles. The van der Waals surface area contributed by atoms with Crippen LogP contribution in [0.1, 0.15) is 16.7 Å². The van der Waals surface area contributed by atoms with Gasteiger partial charge in [-0.05, 0) is 162 Å². The molecule has 15 rings (SSSR count). The van der Waals surface area contributed by atoms with E-state index < -0.39 is 0 Å². The Bertz CT molecular complexity index is 4570. The second-order valence-corrected chi connectivity index (χ2v) is 19.7. The first kappa shape index (κ1) is 40.0. The van der Waals surface area contributed by atoms with Gasteiger partial charge in [0.2, 0.25) is 0 Å². The molecule has 0 unspecified atom stereocenters. The van der Waals surface area contributed by atoms with Crippen LogP contribution in [0.2, 0.25) is 0 Å². The normalized spacial score (nSPS) is 12.2. The third-order valence-electron chi connectivity index (χ3n) is 15.8. The minimum Gasteiger partial charge on any atom is -0.309 e. The van der Waals surface area contributed by atoms with E-state index in [1.54, 1.807) is 0 Å². The lowest BCUT2D eigenvalue weighted by molar-refractivity contribution is 1.30. The van der Waals surface area contributed by atoms with Crippen molar-refractivity contribution in [1.29, 1.82) is 0 Å². The van der Waals surface area contributed by atoms with E-state index in [9.17, 15) is 0 Å². The molecule has 2 heteroatoms. The summed E-state index contributed by atoms with van der Waals surface area (Å²) in [5.41, 5.74) is 10.6. The van der Waals surface area contributed by atoms with Crippen LogP contribution in [0.3, 0.4) is 0 Å². The van der Waals surface area contributed by atoms with E-state index in [0.717, 1.165) is 22.7 Å². The third kappa shape index (κ3) is 5.65. The van der Waals surface area contributed by atoms with Gasteiger partial charge in [-0.1, -0.05) is 175 Å². The van der Waals surface area contributed by atoms with Gasteiger partial charge in [-0.3, -0.25) is 0 Å². The SMILES string of the molecule is Cc1ccc2c(N(c3ccccc3)c3ccc4c5cccc6cccc(c7cccc3c74)c65)c3cc(C)c(C)cc3c(N(c3ccccc3)c3ccc4c5cccc6cccc(c7cccc3c74)c65)c2c1. The van der Waals surface area contributed by atoms with Gasteiger partial charge in [-0.25, -0.2) is 0 Å². The number of anilines is 6. The van der Waals surface area contributed by atoms with Gasteiger partial charge in [0.05, 0.1) is 22.7 Å². The summed E-state index contributed by atoms with van der Waals surface area (Å²) in [6.07, 6.45) is 0. The lowest BCUT2D eigenvalue weighted by Gasteiger charge is -2.34. The van der Waals surface area contributed by atoms with Crippen LogP contribution in [-0.4, -0.2) is 0 Å². The van der Waals surface area contributed by atoms with Crippen molar-refractivity contribution in [2.75, 3.05) is 9.80 Å². The van der Waals surface area contributed by atoms with Crippen molar-refractivity contribution in [2.24, 2.45) is 0 Å². The van der Waals surface area contributed by atoms with Crippen molar-refractivity contribution in [2.45, 2.75) is 20.8 Å². The molecule has 0 atom stereocenters. The molecular formula is C69H46N2. The summed E-state index contributed by atoms with van der Waals surface area (Å²) in [7, 11) is 0. The zero-order valence-electron chi connectivity index (χ0n) is 39.8. The van der Waals surface area contributed by atoms with Crippen molar-refractivity contribution in [1.82, 2.24) is 0 Å². The van der Waals surface area contributed by atoms with Gasteiger partial charge in [0, 0.05) is 43.7 Å². The average molecular weight is 903 g/mol. The number of hydrogen-bond donors (Lipinski definition) is 0. The van der Waals surface area contributed by atoms with Gasteiger partial charge >= 0.3 is 0 Å². The van der Waals surface area contributed by atoms with E-state index in [1.807, 2.05) is 0 Å². The number of benzene rings is 15. The zero-order chi connectivity index (χ0) is 47.1. The van der Waals surface area contributed by atoms with Crippen molar-refractivity contribution in [3.63, 3.8) is 0 Å². The van der Waals surface area contributed by atoms with Crippen molar-refractivity contribution in [3.8, 4) is 0 Å². The summed E-state index contributed by atoms with van der Waals surface area (Å²) < 4.78 is 0. The fourth-order valence-electron chi connectivity index (χ4n) is 12.6. The molecule has 0 saturated carbocycles. The van der Waals surface area contributed by atoms with E-state index in [4.69, 9.17) is 0 Å². The third-order valence-corrected chi connectivity index (χ3v) is 15.8. The Kier molecular flexibility index (Phi) is 8.45. The summed E-state index contributed by atoms with van der Waals surface area (Å²) in [4.78, 5) is 5.13. The molecule has 71 heavy (non-hydrogen) atoms. The molecule has 2 nitrogen and oxygen atoms in total. The Balaban J connectivity index is 1.08. The molecule has 0 aliphatic rings. The van der Waals surface area contributed by atoms with Crippen LogP contribution in [0.5, 0.6) is 0 Å². The van der Waals surface area contributed by atoms with E-state index in [1.165, 1.54) is 136 Å². The highest BCUT2D eigenvalue weighted by Gasteiger charge is 2.29. The van der Waals surface area contributed by atoms with Crippen LogP contribution >= 0.6 is 0 Å². The van der Waals surface area contributed by atoms with Crippen molar-refractivity contribution >= 4 is 142 Å². The number of para-hydroxylation sites is 2. The molecule has 0 spiro atoms. The van der Waals surface area contributed by atoms with Crippen LogP contribution in [0.15, 0.2) is 224 Å². The van der Waals surface area contributed by atoms with Gasteiger partial charge in [0.15, 0.2) is 0 Å². The van der Waals surface area contributed by atoms with Crippen LogP contribution in [0, 0.1) is 20.8 Å². The Labute approximate surface area is 411 Å². The van der Waals surface area contributed by atoms with Gasteiger partial charge in [-0.15, -0.1) is 0 Å². The monoisotopic (exact) mass is 902 g/mol. The maximum atomic E-state index is 2.57. The highest BCUT2D eigenvalue weighted by molar-refractivity contribution is 6.36. The number of fused-ring (bicyclic) bond motifs is 6. The lowest BCUT2D eigenvalue weighted by atomic mass is 9.88. The van der Waals surface area contributed by atoms with Crippen molar-refractivity contribution < 1.29 is 0 Å². The van der Waals surface area contributed by atoms with Crippen LogP contribution in [0.4, 0.5) is 34.1 Å². The molecule has 0 amide bonds. The maximum absolute atomic E-state index is 2.57. The minimum absolute atomic E-state index is 1.11. The average Bonchev–Trinajstić information content (AvgIpc) is 3.41. The molecule has 15 aromatic rings. The molecule has 0 bridgehead atoms. The fourth-order valence-corrected chi connectivity index (χ4v) is 12.6. The Hall–Kier alpha value is -8.98. The first-order valence-corrected chi connectivity index (χ1v) is 24.8. The van der Waals surface area contributed by atoms with Crippen LogP contribution < -0.4 is 9.80 Å². The lowest BCUT2D eigenvalue weighted by Crippen LogP contribution is -2.15. The van der Waals surface area contributed by atoms with Crippen LogP contribution in [0.25, 0.3) is 108 Å². The predicted molar refractivity (Wildman–Crippen MR) is 307 cm³/mol. The summed E-state index contributed by atoms with van der Waals surface area (Å²) in [5, 5.41) is 25.3. The van der Waals surface area contributed by atoms with Gasteiger partial charge in [0.25, 0.3) is 0 Å². The van der Waals surface area contributed by atoms with Gasteiger partial charge < -0.3 is 9.80 Å². The molecule has 0 N–H and O–H groups in total. The molecule has 0 fully saturated rings. The van der Waals surface area contributed by atoms with E-state index in [0.29, 0.717) is 0 Å². The summed E-state index contributed by atoms with van der Waals surface area (Å²) in [6, 6.07) is 84.5. The molecule has 0 aromatic heterocycles. The molecule has 0 radical (unpaired) electrons. The first-order valence-electron chi connectivity index (χ1n) is 24.8. The highest BCUT2D eigenvalue weighted by Crippen LogP contribution is 2.55. The topological polar surface area (TPSA) is 6.48 Å². The Morgan fingerprint density at radius 2 is 0.577 bits per heavy atom. The number of rotatable bonds is 6. The second kappa shape index (κ2) is 15.0. The second-order valence-electron chi connectivity index (χ2n) is 19.7. The minimum atomic E-state index is 1.11. The molecule has 0 saturated heterocycles. The molecule has 332 valence electrons. The quantitative estimate of drug-likeness (QED) is 0.0932. The number of hydrogen-bond acceptors (Lipinski definition) is 2. The summed E-state index contributed by atoms with van der Waals surface area (Å²) in [6.45, 7) is 6.77.